The summed E-state index contributed by atoms with van der Waals surface area (Å²) in [5.41, 5.74) is 3.36. The van der Waals surface area contributed by atoms with E-state index in [4.69, 9.17) is 4.42 Å². The number of hydrogen-bond acceptors (Lipinski definition) is 5. The van der Waals surface area contributed by atoms with Crippen LogP contribution in [0.15, 0.2) is 81.7 Å². The maximum atomic E-state index is 5.50. The molecule has 3 aromatic heterocycles. The van der Waals surface area contributed by atoms with Gasteiger partial charge in [0.15, 0.2) is 17.3 Å². The third-order valence-corrected chi connectivity index (χ3v) is 3.89. The number of nitrogens with zero attached hydrogens (tertiary/aromatic N) is 5. The summed E-state index contributed by atoms with van der Waals surface area (Å²) in [6, 6.07) is 17.4. The molecular weight excluding hydrogens is 314 g/mol. The number of benzene rings is 1. The number of rotatable bonds is 4. The molecule has 124 valence electrons. The molecule has 4 rings (SSSR count). The molecule has 0 spiro atoms. The summed E-state index contributed by atoms with van der Waals surface area (Å²) in [6.45, 7) is 0. The number of fused-ring (bicyclic) bond motifs is 1. The molecule has 0 aliphatic carbocycles. The Morgan fingerprint density at radius 2 is 1.80 bits per heavy atom. The first-order valence-corrected chi connectivity index (χ1v) is 7.92. The van der Waals surface area contributed by atoms with Crippen molar-refractivity contribution in [2.75, 3.05) is 19.0 Å². The van der Waals surface area contributed by atoms with Crippen molar-refractivity contribution >= 4 is 22.8 Å². The average molecular weight is 331 g/mol. The lowest BCUT2D eigenvalue weighted by atomic mass is 10.3. The van der Waals surface area contributed by atoms with Crippen LogP contribution in [0.3, 0.4) is 0 Å². The van der Waals surface area contributed by atoms with Gasteiger partial charge in [0.05, 0.1) is 12.0 Å². The van der Waals surface area contributed by atoms with Crippen LogP contribution in [0.1, 0.15) is 0 Å². The summed E-state index contributed by atoms with van der Waals surface area (Å²) in [4.78, 5) is 6.66. The number of aromatic nitrogens is 2. The van der Waals surface area contributed by atoms with Crippen molar-refractivity contribution in [1.82, 2.24) is 9.38 Å². The first kappa shape index (κ1) is 15.1. The highest BCUT2D eigenvalue weighted by molar-refractivity contribution is 5.71. The van der Waals surface area contributed by atoms with Crippen LogP contribution in [0.4, 0.5) is 17.2 Å². The Hall–Kier alpha value is -3.41. The average Bonchev–Trinajstić information content (AvgIpc) is 3.28. The molecule has 0 saturated carbocycles. The van der Waals surface area contributed by atoms with E-state index in [0.29, 0.717) is 17.3 Å². The standard InChI is InChI=1S/C19H17N5O/c1-23(2)15-10-8-14(9-11-15)21-22-19-18(16-6-5-13-25-16)20-17-7-3-4-12-24(17)19/h3-13H,1-2H3. The normalized spacial score (nSPS) is 11.4. The second-order valence-electron chi connectivity index (χ2n) is 5.80. The third kappa shape index (κ3) is 2.89. The summed E-state index contributed by atoms with van der Waals surface area (Å²) in [5, 5.41) is 8.82. The van der Waals surface area contributed by atoms with Gasteiger partial charge in [0.25, 0.3) is 0 Å². The molecule has 0 fully saturated rings. The van der Waals surface area contributed by atoms with Gasteiger partial charge < -0.3 is 9.32 Å². The fraction of sp³-hybridized carbons (Fsp3) is 0.105. The van der Waals surface area contributed by atoms with Crippen molar-refractivity contribution in [3.63, 3.8) is 0 Å². The van der Waals surface area contributed by atoms with Crippen molar-refractivity contribution < 1.29 is 4.42 Å². The molecule has 0 amide bonds. The van der Waals surface area contributed by atoms with Crippen molar-refractivity contribution in [1.29, 1.82) is 0 Å². The molecule has 1 aromatic carbocycles. The van der Waals surface area contributed by atoms with Crippen molar-refractivity contribution in [3.05, 3.63) is 67.1 Å². The highest BCUT2D eigenvalue weighted by Gasteiger charge is 2.15. The molecule has 0 atom stereocenters. The fourth-order valence-electron chi connectivity index (χ4n) is 2.58. The summed E-state index contributed by atoms with van der Waals surface area (Å²) in [5.74, 6) is 1.31. The van der Waals surface area contributed by atoms with Crippen LogP contribution >= 0.6 is 0 Å². The number of anilines is 1. The van der Waals surface area contributed by atoms with Crippen molar-refractivity contribution in [2.45, 2.75) is 0 Å². The predicted octanol–water partition coefficient (Wildman–Crippen LogP) is 5.08. The summed E-state index contributed by atoms with van der Waals surface area (Å²) >= 11 is 0. The molecular formula is C19H17N5O. The Morgan fingerprint density at radius 3 is 2.52 bits per heavy atom. The van der Waals surface area contributed by atoms with E-state index in [9.17, 15) is 0 Å². The topological polar surface area (TPSA) is 58.4 Å². The summed E-state index contributed by atoms with van der Waals surface area (Å²) in [6.07, 6.45) is 3.54. The minimum absolute atomic E-state index is 0.641. The third-order valence-electron chi connectivity index (χ3n) is 3.89. The van der Waals surface area contributed by atoms with Gasteiger partial charge in [-0.2, -0.15) is 0 Å². The van der Waals surface area contributed by atoms with Gasteiger partial charge in [0, 0.05) is 26.0 Å². The molecule has 0 aliphatic rings. The molecule has 0 radical (unpaired) electrons. The van der Waals surface area contributed by atoms with Crippen LogP contribution in [0.2, 0.25) is 0 Å². The molecule has 0 N–H and O–H groups in total. The van der Waals surface area contributed by atoms with Gasteiger partial charge >= 0.3 is 0 Å². The van der Waals surface area contributed by atoms with Gasteiger partial charge in [-0.3, -0.25) is 4.40 Å². The van der Waals surface area contributed by atoms with E-state index in [1.54, 1.807) is 6.26 Å². The Morgan fingerprint density at radius 1 is 0.960 bits per heavy atom. The number of hydrogen-bond donors (Lipinski definition) is 0. The quantitative estimate of drug-likeness (QED) is 0.490. The summed E-state index contributed by atoms with van der Waals surface area (Å²) in [7, 11) is 4.01. The number of furan rings is 1. The first-order chi connectivity index (χ1) is 12.2. The number of azo groups is 1. The Bertz CT molecular complexity index is 1010. The van der Waals surface area contributed by atoms with E-state index >= 15 is 0 Å². The molecule has 3 heterocycles. The van der Waals surface area contributed by atoms with E-state index in [1.165, 1.54) is 0 Å². The molecule has 0 unspecified atom stereocenters. The van der Waals surface area contributed by atoms with E-state index in [2.05, 4.69) is 15.2 Å². The Labute approximate surface area is 145 Å². The molecule has 4 aromatic rings. The molecule has 6 heteroatoms. The SMILES string of the molecule is CN(C)c1ccc(N=Nc2c(-c3ccco3)nc3ccccn23)cc1. The van der Waals surface area contributed by atoms with E-state index in [0.717, 1.165) is 17.0 Å². The summed E-state index contributed by atoms with van der Waals surface area (Å²) < 4.78 is 7.40. The molecule has 0 saturated heterocycles. The van der Waals surface area contributed by atoms with Crippen LogP contribution in [0.25, 0.3) is 17.1 Å². The lowest BCUT2D eigenvalue weighted by molar-refractivity contribution is 0.580. The lowest BCUT2D eigenvalue weighted by Crippen LogP contribution is -2.07. The second kappa shape index (κ2) is 6.24. The van der Waals surface area contributed by atoms with Crippen molar-refractivity contribution in [3.8, 4) is 11.5 Å². The second-order valence-corrected chi connectivity index (χ2v) is 5.80. The maximum Gasteiger partial charge on any atom is 0.190 e. The maximum absolute atomic E-state index is 5.50. The number of imidazole rings is 1. The van der Waals surface area contributed by atoms with Gasteiger partial charge in [0.1, 0.15) is 5.65 Å². The first-order valence-electron chi connectivity index (χ1n) is 7.92. The number of pyridine rings is 1. The van der Waals surface area contributed by atoms with Crippen LogP contribution in [0, 0.1) is 0 Å². The van der Waals surface area contributed by atoms with Gasteiger partial charge in [-0.1, -0.05) is 6.07 Å². The zero-order valence-electron chi connectivity index (χ0n) is 14.0. The van der Waals surface area contributed by atoms with Crippen LogP contribution < -0.4 is 4.90 Å². The Balaban J connectivity index is 1.76. The van der Waals surface area contributed by atoms with Gasteiger partial charge in [-0.25, -0.2) is 4.98 Å². The van der Waals surface area contributed by atoms with Crippen molar-refractivity contribution in [2.24, 2.45) is 10.2 Å². The zero-order chi connectivity index (χ0) is 17.2. The molecule has 0 aliphatic heterocycles. The largest absolute Gasteiger partial charge is 0.463 e. The van der Waals surface area contributed by atoms with E-state index in [1.807, 2.05) is 84.2 Å². The predicted molar refractivity (Wildman–Crippen MR) is 97.8 cm³/mol. The lowest BCUT2D eigenvalue weighted by Gasteiger charge is -2.11. The zero-order valence-corrected chi connectivity index (χ0v) is 14.0. The fourth-order valence-corrected chi connectivity index (χ4v) is 2.58. The minimum Gasteiger partial charge on any atom is -0.463 e. The van der Waals surface area contributed by atoms with Crippen LogP contribution in [-0.4, -0.2) is 23.5 Å². The van der Waals surface area contributed by atoms with E-state index < -0.39 is 0 Å². The smallest absolute Gasteiger partial charge is 0.190 e. The highest BCUT2D eigenvalue weighted by atomic mass is 16.3. The monoisotopic (exact) mass is 331 g/mol. The molecule has 0 bridgehead atoms. The van der Waals surface area contributed by atoms with Crippen LogP contribution in [-0.2, 0) is 0 Å². The van der Waals surface area contributed by atoms with Gasteiger partial charge in [-0.15, -0.1) is 10.2 Å². The molecule has 25 heavy (non-hydrogen) atoms. The Kier molecular flexibility index (Phi) is 3.78. The van der Waals surface area contributed by atoms with Gasteiger partial charge in [0.2, 0.25) is 0 Å². The minimum atomic E-state index is 0.641. The molecule has 6 nitrogen and oxygen atoms in total. The highest BCUT2D eigenvalue weighted by Crippen LogP contribution is 2.32. The van der Waals surface area contributed by atoms with E-state index in [-0.39, 0.29) is 0 Å². The van der Waals surface area contributed by atoms with Gasteiger partial charge in [-0.05, 0) is 48.5 Å². The van der Waals surface area contributed by atoms with Crippen LogP contribution in [0.5, 0.6) is 0 Å².